The Kier molecular flexibility index (Phi) is 9.68. The van der Waals surface area contributed by atoms with Crippen LogP contribution in [0, 0.1) is 13.8 Å². The second kappa shape index (κ2) is 13.2. The van der Waals surface area contributed by atoms with Gasteiger partial charge in [-0.3, -0.25) is 8.42 Å². The van der Waals surface area contributed by atoms with Gasteiger partial charge in [0, 0.05) is 58.2 Å². The van der Waals surface area contributed by atoms with E-state index >= 15 is 0 Å². The van der Waals surface area contributed by atoms with E-state index in [1.165, 1.54) is 11.4 Å². The molecule has 43 heavy (non-hydrogen) atoms. The highest BCUT2D eigenvalue weighted by atomic mass is 32.3. The minimum atomic E-state index is -5.17. The molecule has 1 aliphatic rings. The number of azo groups is 2. The molecule has 1 saturated heterocycles. The van der Waals surface area contributed by atoms with Crippen LogP contribution >= 0.6 is 0 Å². The molecule has 1 aliphatic heterocycles. The molecule has 0 amide bonds. The highest BCUT2D eigenvalue weighted by molar-refractivity contribution is 7.79. The summed E-state index contributed by atoms with van der Waals surface area (Å²) < 4.78 is 41.9. The van der Waals surface area contributed by atoms with E-state index in [2.05, 4.69) is 80.5 Å². The Hall–Kier alpha value is -4.47. The van der Waals surface area contributed by atoms with Gasteiger partial charge in [-0.15, -0.1) is 0 Å². The van der Waals surface area contributed by atoms with Crippen LogP contribution in [-0.4, -0.2) is 52.8 Å². The molecule has 15 heteroatoms. The minimum absolute atomic E-state index is 0.807. The third kappa shape index (κ3) is 8.30. The van der Waals surface area contributed by atoms with Crippen molar-refractivity contribution in [1.29, 1.82) is 0 Å². The second-order valence-corrected chi connectivity index (χ2v) is 11.2. The first-order valence-corrected chi connectivity index (χ1v) is 14.9. The van der Waals surface area contributed by atoms with E-state index in [4.69, 9.17) is 17.5 Å². The Bertz CT molecular complexity index is 1590. The number of aryl methyl sites for hydroxylation is 6. The number of aromatic nitrogens is 4. The number of anilines is 2. The lowest BCUT2D eigenvalue weighted by Crippen LogP contribution is -2.46. The minimum Gasteiger partial charge on any atom is -0.759 e. The molecule has 0 bridgehead atoms. The zero-order valence-corrected chi connectivity index (χ0v) is 25.9. The van der Waals surface area contributed by atoms with E-state index in [1.807, 2.05) is 71.2 Å². The Balaban J connectivity index is 0.000000782. The van der Waals surface area contributed by atoms with Gasteiger partial charge in [0.1, 0.15) is 11.4 Å². The first-order chi connectivity index (χ1) is 20.3. The maximum atomic E-state index is 8.52. The summed E-state index contributed by atoms with van der Waals surface area (Å²) in [5, 5.41) is 17.9. The molecule has 14 nitrogen and oxygen atoms in total. The van der Waals surface area contributed by atoms with E-state index < -0.39 is 10.4 Å². The molecule has 0 aliphatic carbocycles. The number of nitrogens with zero attached hydrogens (tertiary/aromatic N) is 10. The van der Waals surface area contributed by atoms with Gasteiger partial charge < -0.3 is 18.9 Å². The van der Waals surface area contributed by atoms with E-state index in [0.29, 0.717) is 0 Å². The third-order valence-corrected chi connectivity index (χ3v) is 7.15. The predicted molar refractivity (Wildman–Crippen MR) is 159 cm³/mol. The first kappa shape index (κ1) is 31.5. The van der Waals surface area contributed by atoms with Crippen molar-refractivity contribution in [3.05, 3.63) is 72.3 Å². The Morgan fingerprint density at radius 2 is 1.02 bits per heavy atom. The van der Waals surface area contributed by atoms with Gasteiger partial charge in [-0.25, -0.2) is 18.3 Å². The number of imidazole rings is 2. The number of hydrogen-bond acceptors (Lipinski definition) is 10. The molecule has 0 N–H and O–H groups in total. The van der Waals surface area contributed by atoms with Gasteiger partial charge in [0.15, 0.2) is 0 Å². The van der Waals surface area contributed by atoms with Crippen molar-refractivity contribution < 1.29 is 26.7 Å². The van der Waals surface area contributed by atoms with Crippen LogP contribution in [0.25, 0.3) is 0 Å². The van der Waals surface area contributed by atoms with Crippen molar-refractivity contribution >= 4 is 45.0 Å². The van der Waals surface area contributed by atoms with Crippen molar-refractivity contribution in [3.63, 3.8) is 0 Å². The average molecular weight is 609 g/mol. The van der Waals surface area contributed by atoms with Crippen molar-refractivity contribution in [2.45, 2.75) is 13.8 Å². The first-order valence-electron chi connectivity index (χ1n) is 13.5. The second-order valence-electron chi connectivity index (χ2n) is 10.4. The molecule has 0 unspecified atom stereocenters. The number of piperazine rings is 1. The summed E-state index contributed by atoms with van der Waals surface area (Å²) in [7, 11) is 2.71. The monoisotopic (exact) mass is 608 g/mol. The van der Waals surface area contributed by atoms with Gasteiger partial charge in [0.2, 0.25) is 0 Å². The lowest BCUT2D eigenvalue weighted by atomic mass is 10.1. The van der Waals surface area contributed by atoms with Crippen LogP contribution in [0.5, 0.6) is 0 Å². The molecule has 0 atom stereocenters. The summed E-state index contributed by atoms with van der Waals surface area (Å²) in [4.78, 5) is 4.88. The largest absolute Gasteiger partial charge is 0.759 e. The van der Waals surface area contributed by atoms with Crippen molar-refractivity contribution in [1.82, 2.24) is 9.13 Å². The normalized spacial score (nSPS) is 14.0. The summed E-state index contributed by atoms with van der Waals surface area (Å²) in [6.07, 6.45) is 7.88. The predicted octanol–water partition coefficient (Wildman–Crippen LogP) is 3.45. The Morgan fingerprint density at radius 1 is 0.674 bits per heavy atom. The van der Waals surface area contributed by atoms with Crippen LogP contribution in [0.4, 0.5) is 34.6 Å². The summed E-state index contributed by atoms with van der Waals surface area (Å²) in [5.74, 6) is 1.61. The average Bonchev–Trinajstić information content (AvgIpc) is 3.45. The highest BCUT2D eigenvalue weighted by Gasteiger charge is 2.19. The quantitative estimate of drug-likeness (QED) is 0.141. The van der Waals surface area contributed by atoms with Gasteiger partial charge >= 0.3 is 11.9 Å². The summed E-state index contributed by atoms with van der Waals surface area (Å²) >= 11 is 0. The third-order valence-electron chi connectivity index (χ3n) is 7.15. The van der Waals surface area contributed by atoms with Crippen LogP contribution in [0.1, 0.15) is 11.1 Å². The fourth-order valence-electron chi connectivity index (χ4n) is 4.76. The molecular weight excluding hydrogens is 572 g/mol. The van der Waals surface area contributed by atoms with E-state index in [9.17, 15) is 0 Å². The van der Waals surface area contributed by atoms with Gasteiger partial charge in [-0.05, 0) is 61.4 Å². The SMILES string of the molecule is Cc1cc(N2CCN(c3ccc(N=Nc4n(C)cc[n+]4C)c(C)c3)CC2)ccc1N=Nc1n(C)cc[n+]1C.O=S(=O)([O-])[O-]. The topological polar surface area (TPSA) is 154 Å². The molecule has 0 saturated carbocycles. The van der Waals surface area contributed by atoms with Crippen LogP contribution in [0.15, 0.2) is 81.6 Å². The molecule has 5 rings (SSSR count). The molecule has 2 aromatic heterocycles. The van der Waals surface area contributed by atoms with Crippen LogP contribution < -0.4 is 18.9 Å². The fourth-order valence-corrected chi connectivity index (χ4v) is 4.76. The smallest absolute Gasteiger partial charge is 0.421 e. The van der Waals surface area contributed by atoms with Gasteiger partial charge in [-0.1, -0.05) is 10.2 Å². The molecule has 0 spiro atoms. The summed E-state index contributed by atoms with van der Waals surface area (Å²) in [6.45, 7) is 8.04. The molecule has 3 heterocycles. The Morgan fingerprint density at radius 3 is 1.30 bits per heavy atom. The summed E-state index contributed by atoms with van der Waals surface area (Å²) in [5.41, 5.74) is 6.48. The van der Waals surface area contributed by atoms with Gasteiger partial charge in [0.05, 0.1) is 53.0 Å². The molecule has 2 aromatic carbocycles. The van der Waals surface area contributed by atoms with Gasteiger partial charge in [0.25, 0.3) is 0 Å². The molecule has 4 aromatic rings. The zero-order chi connectivity index (χ0) is 31.3. The Labute approximate surface area is 251 Å². The number of benzene rings is 2. The van der Waals surface area contributed by atoms with Crippen LogP contribution in [0.2, 0.25) is 0 Å². The molecular formula is C28H36N10O4S. The maximum Gasteiger partial charge on any atom is 0.421 e. The lowest BCUT2D eigenvalue weighted by molar-refractivity contribution is -0.657. The van der Waals surface area contributed by atoms with Crippen LogP contribution in [-0.2, 0) is 38.6 Å². The fraction of sp³-hybridized carbons (Fsp3) is 0.357. The summed E-state index contributed by atoms with van der Waals surface area (Å²) in [6, 6.07) is 12.9. The van der Waals surface area contributed by atoms with Crippen molar-refractivity contribution in [2.24, 2.45) is 48.6 Å². The highest BCUT2D eigenvalue weighted by Crippen LogP contribution is 2.29. The zero-order valence-electron chi connectivity index (χ0n) is 25.1. The van der Waals surface area contributed by atoms with Crippen LogP contribution in [0.3, 0.4) is 0 Å². The van der Waals surface area contributed by atoms with E-state index in [-0.39, 0.29) is 0 Å². The number of hydrogen-bond donors (Lipinski definition) is 0. The van der Waals surface area contributed by atoms with E-state index in [1.54, 1.807) is 0 Å². The maximum absolute atomic E-state index is 8.52. The van der Waals surface area contributed by atoms with Crippen molar-refractivity contribution in [3.8, 4) is 0 Å². The standard InChI is InChI=1S/C28H36N10.H2O4S/c1-21-19-23(7-9-25(21)29-31-27-33(3)11-12-34(27)4)37-15-17-38(18-16-37)24-8-10-26(22(2)20-24)30-32-28-35(5)13-14-36(28)6;1-5(2,3)4/h7-14,19-20H,15-18H2,1-6H3;(H2,1,2,3,4)/q+2;/p-2. The lowest BCUT2D eigenvalue weighted by Gasteiger charge is -2.37. The number of rotatable bonds is 6. The van der Waals surface area contributed by atoms with E-state index in [0.717, 1.165) is 60.6 Å². The molecule has 0 radical (unpaired) electrons. The molecule has 1 fully saturated rings. The van der Waals surface area contributed by atoms with Gasteiger partial charge in [-0.2, -0.15) is 0 Å². The van der Waals surface area contributed by atoms with Crippen molar-refractivity contribution in [2.75, 3.05) is 36.0 Å². The molecule has 228 valence electrons.